The lowest BCUT2D eigenvalue weighted by atomic mass is 10.3. The van der Waals surface area contributed by atoms with Crippen molar-refractivity contribution < 1.29 is 27.5 Å². The molecular formula is C13H14F3N3O3. The summed E-state index contributed by atoms with van der Waals surface area (Å²) in [6.07, 6.45) is -1.52. The quantitative estimate of drug-likeness (QED) is 0.836. The third-order valence-electron chi connectivity index (χ3n) is 3.01. The van der Waals surface area contributed by atoms with Crippen LogP contribution in [0.4, 0.5) is 19.0 Å². The Morgan fingerprint density at radius 2 is 1.95 bits per heavy atom. The number of carboxylic acids is 1. The SMILES string of the molecule is O=C(O)C(F)(F)F.c1cc2ccoc2c(N2CCNCC2)n1. The molecule has 3 rings (SSSR count). The number of pyridine rings is 1. The summed E-state index contributed by atoms with van der Waals surface area (Å²) in [7, 11) is 0. The van der Waals surface area contributed by atoms with Gasteiger partial charge in [0.25, 0.3) is 0 Å². The summed E-state index contributed by atoms with van der Waals surface area (Å²) in [6.45, 7) is 4.01. The van der Waals surface area contributed by atoms with Crippen LogP contribution in [0, 0.1) is 0 Å². The summed E-state index contributed by atoms with van der Waals surface area (Å²) in [5.74, 6) is -1.79. The molecule has 0 bridgehead atoms. The summed E-state index contributed by atoms with van der Waals surface area (Å²) in [4.78, 5) is 15.6. The average Bonchev–Trinajstić information content (AvgIpc) is 2.96. The van der Waals surface area contributed by atoms with Crippen molar-refractivity contribution in [1.29, 1.82) is 0 Å². The van der Waals surface area contributed by atoms with Crippen LogP contribution >= 0.6 is 0 Å². The van der Waals surface area contributed by atoms with E-state index in [9.17, 15) is 13.2 Å². The Morgan fingerprint density at radius 1 is 1.32 bits per heavy atom. The molecule has 0 aromatic carbocycles. The van der Waals surface area contributed by atoms with E-state index in [2.05, 4.69) is 15.2 Å². The fraction of sp³-hybridized carbons (Fsp3) is 0.385. The molecule has 22 heavy (non-hydrogen) atoms. The van der Waals surface area contributed by atoms with Crippen LogP contribution in [-0.2, 0) is 4.79 Å². The molecule has 2 aromatic heterocycles. The number of nitrogens with one attached hydrogen (secondary N) is 1. The zero-order chi connectivity index (χ0) is 16.2. The van der Waals surface area contributed by atoms with Crippen LogP contribution in [-0.4, -0.2) is 48.4 Å². The van der Waals surface area contributed by atoms with Crippen LogP contribution in [0.1, 0.15) is 0 Å². The fourth-order valence-electron chi connectivity index (χ4n) is 1.98. The maximum absolute atomic E-state index is 10.6. The molecule has 1 fully saturated rings. The van der Waals surface area contributed by atoms with Gasteiger partial charge in [0.1, 0.15) is 0 Å². The summed E-state index contributed by atoms with van der Waals surface area (Å²) < 4.78 is 37.2. The van der Waals surface area contributed by atoms with Crippen LogP contribution < -0.4 is 10.2 Å². The van der Waals surface area contributed by atoms with Crippen LogP contribution in [0.2, 0.25) is 0 Å². The molecule has 6 nitrogen and oxygen atoms in total. The minimum absolute atomic E-state index is 0.902. The summed E-state index contributed by atoms with van der Waals surface area (Å²) in [5, 5.41) is 11.6. The van der Waals surface area contributed by atoms with Crippen LogP contribution in [0.25, 0.3) is 11.0 Å². The van der Waals surface area contributed by atoms with Crippen molar-refractivity contribution in [3.8, 4) is 0 Å². The number of piperazine rings is 1. The number of carboxylic acid groups (broad SMARTS) is 1. The first-order valence-electron chi connectivity index (χ1n) is 6.47. The van der Waals surface area contributed by atoms with Crippen LogP contribution in [0.5, 0.6) is 0 Å². The van der Waals surface area contributed by atoms with Crippen molar-refractivity contribution in [1.82, 2.24) is 10.3 Å². The number of hydrogen-bond acceptors (Lipinski definition) is 5. The van der Waals surface area contributed by atoms with E-state index in [4.69, 9.17) is 14.3 Å². The number of halogens is 3. The lowest BCUT2D eigenvalue weighted by Gasteiger charge is -2.28. The summed E-state index contributed by atoms with van der Waals surface area (Å²) in [6, 6.07) is 3.95. The predicted molar refractivity (Wildman–Crippen MR) is 72.8 cm³/mol. The van der Waals surface area contributed by atoms with Gasteiger partial charge in [-0.1, -0.05) is 0 Å². The topological polar surface area (TPSA) is 78.6 Å². The van der Waals surface area contributed by atoms with E-state index in [1.54, 1.807) is 6.26 Å². The molecule has 0 atom stereocenters. The molecular weight excluding hydrogens is 303 g/mol. The number of anilines is 1. The van der Waals surface area contributed by atoms with Crippen LogP contribution in [0.3, 0.4) is 0 Å². The zero-order valence-corrected chi connectivity index (χ0v) is 11.4. The van der Waals surface area contributed by atoms with Gasteiger partial charge in [-0.25, -0.2) is 9.78 Å². The van der Waals surface area contributed by atoms with Gasteiger partial charge in [0.05, 0.1) is 6.26 Å². The Balaban J connectivity index is 0.000000217. The van der Waals surface area contributed by atoms with Gasteiger partial charge >= 0.3 is 12.1 Å². The molecule has 1 saturated heterocycles. The van der Waals surface area contributed by atoms with E-state index in [0.717, 1.165) is 43.0 Å². The number of fused-ring (bicyclic) bond motifs is 1. The summed E-state index contributed by atoms with van der Waals surface area (Å²) >= 11 is 0. The van der Waals surface area contributed by atoms with Gasteiger partial charge in [0, 0.05) is 37.8 Å². The number of furan rings is 1. The molecule has 0 amide bonds. The minimum atomic E-state index is -5.08. The van der Waals surface area contributed by atoms with Gasteiger partial charge in [-0.3, -0.25) is 0 Å². The Morgan fingerprint density at radius 3 is 2.55 bits per heavy atom. The summed E-state index contributed by atoms with van der Waals surface area (Å²) in [5.41, 5.74) is 0.902. The van der Waals surface area contributed by atoms with E-state index < -0.39 is 12.1 Å². The minimum Gasteiger partial charge on any atom is -0.475 e. The Kier molecular flexibility index (Phi) is 4.86. The third-order valence-corrected chi connectivity index (χ3v) is 3.01. The van der Waals surface area contributed by atoms with Crippen molar-refractivity contribution in [3.05, 3.63) is 24.6 Å². The Bertz CT molecular complexity index is 636. The Labute approximate surface area is 123 Å². The molecule has 9 heteroatoms. The van der Waals surface area contributed by atoms with Crippen molar-refractivity contribution in [2.45, 2.75) is 6.18 Å². The number of alkyl halides is 3. The highest BCUT2D eigenvalue weighted by Crippen LogP contribution is 2.25. The highest BCUT2D eigenvalue weighted by molar-refractivity contribution is 5.86. The molecule has 0 radical (unpaired) electrons. The van der Waals surface area contributed by atoms with E-state index in [-0.39, 0.29) is 0 Å². The van der Waals surface area contributed by atoms with Gasteiger partial charge < -0.3 is 19.7 Å². The molecule has 3 heterocycles. The lowest BCUT2D eigenvalue weighted by Crippen LogP contribution is -2.43. The third kappa shape index (κ3) is 3.88. The first-order chi connectivity index (χ1) is 10.4. The molecule has 2 aromatic rings. The maximum atomic E-state index is 10.6. The zero-order valence-electron chi connectivity index (χ0n) is 11.4. The van der Waals surface area contributed by atoms with Gasteiger partial charge in [-0.05, 0) is 12.1 Å². The Hall–Kier alpha value is -2.29. The fourth-order valence-corrected chi connectivity index (χ4v) is 1.98. The second-order valence-electron chi connectivity index (χ2n) is 4.51. The number of carbonyl (C=O) groups is 1. The number of aliphatic carboxylic acids is 1. The van der Waals surface area contributed by atoms with E-state index in [1.165, 1.54) is 0 Å². The molecule has 0 saturated carbocycles. The molecule has 1 aliphatic heterocycles. The van der Waals surface area contributed by atoms with E-state index in [0.29, 0.717) is 0 Å². The highest BCUT2D eigenvalue weighted by atomic mass is 19.4. The monoisotopic (exact) mass is 317 g/mol. The number of aromatic nitrogens is 1. The van der Waals surface area contributed by atoms with E-state index >= 15 is 0 Å². The molecule has 1 aliphatic rings. The second kappa shape index (κ2) is 6.65. The van der Waals surface area contributed by atoms with Crippen molar-refractivity contribution in [2.24, 2.45) is 0 Å². The van der Waals surface area contributed by atoms with Crippen molar-refractivity contribution >= 4 is 22.8 Å². The maximum Gasteiger partial charge on any atom is 0.490 e. The largest absolute Gasteiger partial charge is 0.490 e. The smallest absolute Gasteiger partial charge is 0.475 e. The normalized spacial score (nSPS) is 15.3. The van der Waals surface area contributed by atoms with Gasteiger partial charge in [-0.15, -0.1) is 0 Å². The molecule has 2 N–H and O–H groups in total. The lowest BCUT2D eigenvalue weighted by molar-refractivity contribution is -0.192. The first kappa shape index (κ1) is 16.1. The van der Waals surface area contributed by atoms with Gasteiger partial charge in [0.15, 0.2) is 11.4 Å². The highest BCUT2D eigenvalue weighted by Gasteiger charge is 2.38. The molecule has 0 aliphatic carbocycles. The molecule has 0 spiro atoms. The molecule has 120 valence electrons. The van der Waals surface area contributed by atoms with Crippen molar-refractivity contribution in [2.75, 3.05) is 31.1 Å². The second-order valence-corrected chi connectivity index (χ2v) is 4.51. The predicted octanol–water partition coefficient (Wildman–Crippen LogP) is 1.87. The first-order valence-corrected chi connectivity index (χ1v) is 6.47. The number of rotatable bonds is 1. The average molecular weight is 317 g/mol. The van der Waals surface area contributed by atoms with Gasteiger partial charge in [0.2, 0.25) is 0 Å². The van der Waals surface area contributed by atoms with Crippen molar-refractivity contribution in [3.63, 3.8) is 0 Å². The number of hydrogen-bond donors (Lipinski definition) is 2. The van der Waals surface area contributed by atoms with Crippen LogP contribution in [0.15, 0.2) is 29.0 Å². The van der Waals surface area contributed by atoms with Gasteiger partial charge in [-0.2, -0.15) is 13.2 Å². The number of nitrogens with zero attached hydrogens (tertiary/aromatic N) is 2. The molecule has 0 unspecified atom stereocenters. The van der Waals surface area contributed by atoms with E-state index in [1.807, 2.05) is 18.3 Å². The standard InChI is InChI=1S/C11H13N3O.C2HF3O2/c1-3-13-11(10-9(1)2-8-15-10)14-6-4-12-5-7-14;3-2(4,5)1(6)7/h1-3,8,12H,4-7H2;(H,6,7).